The van der Waals surface area contributed by atoms with Crippen LogP contribution in [0, 0.1) is 0 Å². The van der Waals surface area contributed by atoms with Crippen molar-refractivity contribution in [3.8, 4) is 11.3 Å². The Balaban J connectivity index is 1.39. The number of azo groups is 1. The largest absolute Gasteiger partial charge is 0.384 e. The summed E-state index contributed by atoms with van der Waals surface area (Å²) in [5.74, 6) is 0.572. The highest BCUT2D eigenvalue weighted by atomic mass is 35.5. The Labute approximate surface area is 214 Å². The number of nitrogens with two attached hydrogens (primary N) is 2. The summed E-state index contributed by atoms with van der Waals surface area (Å²) in [5.41, 5.74) is 18.4. The van der Waals surface area contributed by atoms with E-state index in [2.05, 4.69) is 45.5 Å². The zero-order valence-electron chi connectivity index (χ0n) is 19.4. The third kappa shape index (κ3) is 5.59. The van der Waals surface area contributed by atoms with Gasteiger partial charge in [0.1, 0.15) is 11.5 Å². The molecule has 0 atom stereocenters. The lowest BCUT2D eigenvalue weighted by molar-refractivity contribution is 0.689. The Bertz CT molecular complexity index is 1510. The molecule has 0 unspecified atom stereocenters. The molecule has 7 nitrogen and oxygen atoms in total. The molecule has 0 radical (unpaired) electrons. The number of nitrogens with zero attached hydrogens (tertiary/aromatic N) is 5. The molecule has 0 bridgehead atoms. The minimum absolute atomic E-state index is 0.235. The van der Waals surface area contributed by atoms with Crippen LogP contribution in [0.15, 0.2) is 107 Å². The molecule has 2 heterocycles. The monoisotopic (exact) mass is 493 g/mol. The van der Waals surface area contributed by atoms with Gasteiger partial charge in [-0.3, -0.25) is 4.68 Å². The zero-order chi connectivity index (χ0) is 24.9. The molecule has 0 fully saturated rings. The second-order valence-electron chi connectivity index (χ2n) is 8.38. The summed E-state index contributed by atoms with van der Waals surface area (Å²) in [7, 11) is 0. The number of anilines is 2. The SMILES string of the molecule is Nc1cc(Cc2cccc(-c3ccn(Cc4ccccc4)n3)c2)c(N=Nc2ccc(Cl)cc2)c(N)n1. The normalized spacial score (nSPS) is 11.2. The Morgan fingerprint density at radius 2 is 1.58 bits per heavy atom. The number of nitrogen functional groups attached to an aromatic ring is 2. The van der Waals surface area contributed by atoms with Crippen molar-refractivity contribution in [1.82, 2.24) is 14.8 Å². The number of benzene rings is 3. The highest BCUT2D eigenvalue weighted by molar-refractivity contribution is 6.30. The molecule has 8 heteroatoms. The predicted molar refractivity (Wildman–Crippen MR) is 145 cm³/mol. The van der Waals surface area contributed by atoms with Gasteiger partial charge in [-0.15, -0.1) is 5.11 Å². The van der Waals surface area contributed by atoms with Crippen LogP contribution in [0.2, 0.25) is 5.02 Å². The van der Waals surface area contributed by atoms with Crippen molar-refractivity contribution in [2.45, 2.75) is 13.0 Å². The predicted octanol–water partition coefficient (Wildman–Crippen LogP) is 6.82. The molecule has 178 valence electrons. The average Bonchev–Trinajstić information content (AvgIpc) is 3.34. The lowest BCUT2D eigenvalue weighted by Crippen LogP contribution is -2.01. The van der Waals surface area contributed by atoms with Crippen LogP contribution >= 0.6 is 11.6 Å². The van der Waals surface area contributed by atoms with Gasteiger partial charge in [-0.05, 0) is 65.6 Å². The topological polar surface area (TPSA) is 107 Å². The van der Waals surface area contributed by atoms with E-state index in [0.29, 0.717) is 28.6 Å². The van der Waals surface area contributed by atoms with E-state index in [0.717, 1.165) is 28.9 Å². The van der Waals surface area contributed by atoms with Crippen molar-refractivity contribution in [1.29, 1.82) is 0 Å². The van der Waals surface area contributed by atoms with Crippen molar-refractivity contribution < 1.29 is 0 Å². The third-order valence-corrected chi connectivity index (χ3v) is 5.91. The van der Waals surface area contributed by atoms with Crippen LogP contribution in [0.3, 0.4) is 0 Å². The molecule has 4 N–H and O–H groups in total. The lowest BCUT2D eigenvalue weighted by Gasteiger charge is -2.10. The van der Waals surface area contributed by atoms with E-state index >= 15 is 0 Å². The van der Waals surface area contributed by atoms with Gasteiger partial charge in [-0.1, -0.05) is 60.1 Å². The van der Waals surface area contributed by atoms with Gasteiger partial charge in [-0.2, -0.15) is 10.2 Å². The average molecular weight is 494 g/mol. The standard InChI is InChI=1S/C28H24ClN7/c29-23-9-11-24(12-10-23)33-34-27-22(17-26(30)32-28(27)31)16-20-7-4-8-21(15-20)25-13-14-36(35-25)18-19-5-2-1-3-6-19/h1-15,17H,16,18H2,(H4,30,31,32). The minimum atomic E-state index is 0.235. The van der Waals surface area contributed by atoms with E-state index in [4.69, 9.17) is 28.2 Å². The zero-order valence-corrected chi connectivity index (χ0v) is 20.2. The summed E-state index contributed by atoms with van der Waals surface area (Å²) < 4.78 is 1.94. The fourth-order valence-corrected chi connectivity index (χ4v) is 4.06. The van der Waals surface area contributed by atoms with Crippen molar-refractivity contribution in [2.24, 2.45) is 10.2 Å². The fraction of sp³-hybridized carbons (Fsp3) is 0.0714. The molecule has 5 aromatic rings. The van der Waals surface area contributed by atoms with Crippen molar-refractivity contribution in [3.05, 3.63) is 119 Å². The molecule has 0 amide bonds. The number of halogens is 1. The van der Waals surface area contributed by atoms with Crippen LogP contribution in [-0.2, 0) is 13.0 Å². The number of aromatic nitrogens is 3. The maximum atomic E-state index is 6.17. The van der Waals surface area contributed by atoms with Gasteiger partial charge in [0.2, 0.25) is 0 Å². The minimum Gasteiger partial charge on any atom is -0.384 e. The molecule has 0 aliphatic carbocycles. The molecule has 0 saturated heterocycles. The van der Waals surface area contributed by atoms with Crippen LogP contribution in [-0.4, -0.2) is 14.8 Å². The van der Waals surface area contributed by atoms with Gasteiger partial charge in [0.25, 0.3) is 0 Å². The second-order valence-corrected chi connectivity index (χ2v) is 8.81. The Morgan fingerprint density at radius 1 is 0.806 bits per heavy atom. The highest BCUT2D eigenvalue weighted by Gasteiger charge is 2.12. The summed E-state index contributed by atoms with van der Waals surface area (Å²) in [4.78, 5) is 4.17. The smallest absolute Gasteiger partial charge is 0.154 e. The van der Waals surface area contributed by atoms with Gasteiger partial charge < -0.3 is 11.5 Å². The number of pyridine rings is 1. The molecule has 0 spiro atoms. The Kier molecular flexibility index (Phi) is 6.73. The van der Waals surface area contributed by atoms with Gasteiger partial charge in [0.15, 0.2) is 5.82 Å². The van der Waals surface area contributed by atoms with Gasteiger partial charge in [-0.25, -0.2) is 4.98 Å². The number of hydrogen-bond donors (Lipinski definition) is 2. The van der Waals surface area contributed by atoms with Crippen LogP contribution in [0.1, 0.15) is 16.7 Å². The van der Waals surface area contributed by atoms with Crippen molar-refractivity contribution >= 4 is 34.6 Å². The van der Waals surface area contributed by atoms with Gasteiger partial charge >= 0.3 is 0 Å². The van der Waals surface area contributed by atoms with Crippen molar-refractivity contribution in [2.75, 3.05) is 11.5 Å². The van der Waals surface area contributed by atoms with E-state index in [9.17, 15) is 0 Å². The molecular formula is C28H24ClN7. The first-order chi connectivity index (χ1) is 17.5. The summed E-state index contributed by atoms with van der Waals surface area (Å²) >= 11 is 5.96. The summed E-state index contributed by atoms with van der Waals surface area (Å²) in [6, 6.07) is 29.4. The second kappa shape index (κ2) is 10.4. The van der Waals surface area contributed by atoms with E-state index in [1.165, 1.54) is 5.56 Å². The maximum absolute atomic E-state index is 6.17. The van der Waals surface area contributed by atoms with Crippen LogP contribution < -0.4 is 11.5 Å². The fourth-order valence-electron chi connectivity index (χ4n) is 3.94. The van der Waals surface area contributed by atoms with E-state index < -0.39 is 0 Å². The summed E-state index contributed by atoms with van der Waals surface area (Å²) in [6.07, 6.45) is 2.55. The number of rotatable bonds is 7. The van der Waals surface area contributed by atoms with Crippen molar-refractivity contribution in [3.63, 3.8) is 0 Å². The molecule has 3 aromatic carbocycles. The van der Waals surface area contributed by atoms with Gasteiger partial charge in [0, 0.05) is 16.8 Å². The third-order valence-electron chi connectivity index (χ3n) is 5.66. The molecule has 5 rings (SSSR count). The van der Waals surface area contributed by atoms with Crippen LogP contribution in [0.5, 0.6) is 0 Å². The molecular weight excluding hydrogens is 470 g/mol. The first-order valence-electron chi connectivity index (χ1n) is 11.4. The molecule has 0 aliphatic rings. The first-order valence-corrected chi connectivity index (χ1v) is 11.8. The lowest BCUT2D eigenvalue weighted by atomic mass is 10.0. The van der Waals surface area contributed by atoms with E-state index in [1.54, 1.807) is 30.3 Å². The summed E-state index contributed by atoms with van der Waals surface area (Å²) in [6.45, 7) is 0.720. The maximum Gasteiger partial charge on any atom is 0.154 e. The molecule has 36 heavy (non-hydrogen) atoms. The Morgan fingerprint density at radius 3 is 2.39 bits per heavy atom. The number of hydrogen-bond acceptors (Lipinski definition) is 6. The quantitative estimate of drug-likeness (QED) is 0.242. The molecule has 2 aromatic heterocycles. The van der Waals surface area contributed by atoms with E-state index in [1.807, 2.05) is 41.2 Å². The highest BCUT2D eigenvalue weighted by Crippen LogP contribution is 2.32. The first kappa shape index (κ1) is 23.3. The van der Waals surface area contributed by atoms with Crippen LogP contribution in [0.25, 0.3) is 11.3 Å². The summed E-state index contributed by atoms with van der Waals surface area (Å²) in [5, 5.41) is 14.1. The van der Waals surface area contributed by atoms with Gasteiger partial charge in [0.05, 0.1) is 17.9 Å². The van der Waals surface area contributed by atoms with E-state index in [-0.39, 0.29) is 5.82 Å². The molecule has 0 aliphatic heterocycles. The van der Waals surface area contributed by atoms with Crippen LogP contribution in [0.4, 0.5) is 23.0 Å². The Hall–Kier alpha value is -4.49. The molecule has 0 saturated carbocycles.